The van der Waals surface area contributed by atoms with Crippen LogP contribution in [0.3, 0.4) is 0 Å². The zero-order valence-corrected chi connectivity index (χ0v) is 35.1. The molecule has 0 unspecified atom stereocenters. The molecule has 1 heterocycles. The van der Waals surface area contributed by atoms with Crippen LogP contribution in [0.15, 0.2) is 255 Å². The van der Waals surface area contributed by atoms with Gasteiger partial charge in [-0.25, -0.2) is 0 Å². The molecule has 11 aromatic carbocycles. The second-order valence-electron chi connectivity index (χ2n) is 16.5. The Morgan fingerprint density at radius 1 is 0.266 bits per heavy atom. The van der Waals surface area contributed by atoms with Crippen LogP contribution >= 0.6 is 0 Å². The molecule has 0 amide bonds. The molecule has 64 heavy (non-hydrogen) atoms. The molecule has 0 saturated carbocycles. The Balaban J connectivity index is 0.993. The number of benzene rings is 11. The first-order valence-corrected chi connectivity index (χ1v) is 22.0. The molecular weight excluding hydrogens is 773 g/mol. The molecule has 0 N–H and O–H groups in total. The van der Waals surface area contributed by atoms with Crippen LogP contribution in [0, 0.1) is 0 Å². The molecule has 0 radical (unpaired) electrons. The maximum atomic E-state index is 2.49. The SMILES string of the molecule is c1ccc(-c2ccc(N(c3ccc(-c4ccccc4)cc3)c3ccc(-c4ccccc4-n4c5cccc(-c6ccc7ccccc7c6)c5c5c6ccccc6ccc54)cc3)cc2)cc1. The van der Waals surface area contributed by atoms with Gasteiger partial charge in [0.05, 0.1) is 16.7 Å². The van der Waals surface area contributed by atoms with Crippen LogP contribution in [0.25, 0.3) is 93.5 Å². The normalized spacial score (nSPS) is 11.4. The number of anilines is 3. The molecular formula is C62H42N2. The number of nitrogens with zero attached hydrogens (tertiary/aromatic N) is 2. The smallest absolute Gasteiger partial charge is 0.0548 e. The van der Waals surface area contributed by atoms with E-state index in [1.165, 1.54) is 82.3 Å². The van der Waals surface area contributed by atoms with Gasteiger partial charge in [-0.1, -0.05) is 194 Å². The molecule has 300 valence electrons. The largest absolute Gasteiger partial charge is 0.311 e. The van der Waals surface area contributed by atoms with Crippen LogP contribution in [0.5, 0.6) is 0 Å². The molecule has 0 fully saturated rings. The first-order valence-electron chi connectivity index (χ1n) is 22.0. The summed E-state index contributed by atoms with van der Waals surface area (Å²) in [6, 6.07) is 92.6. The van der Waals surface area contributed by atoms with Gasteiger partial charge in [-0.2, -0.15) is 0 Å². The van der Waals surface area contributed by atoms with E-state index in [2.05, 4.69) is 264 Å². The molecule has 12 rings (SSSR count). The number of hydrogen-bond donors (Lipinski definition) is 0. The molecule has 2 nitrogen and oxygen atoms in total. The summed E-state index contributed by atoms with van der Waals surface area (Å²) in [5.74, 6) is 0. The molecule has 0 atom stereocenters. The van der Waals surface area contributed by atoms with Crippen molar-refractivity contribution in [2.75, 3.05) is 4.90 Å². The number of hydrogen-bond acceptors (Lipinski definition) is 1. The van der Waals surface area contributed by atoms with Crippen LogP contribution in [0.4, 0.5) is 17.1 Å². The Kier molecular flexibility index (Phi) is 9.20. The number of rotatable bonds is 8. The maximum Gasteiger partial charge on any atom is 0.0548 e. The molecule has 0 aliphatic carbocycles. The molecule has 1 aromatic heterocycles. The summed E-state index contributed by atoms with van der Waals surface area (Å²) >= 11 is 0. The predicted molar refractivity (Wildman–Crippen MR) is 272 cm³/mol. The van der Waals surface area contributed by atoms with Gasteiger partial charge in [0.15, 0.2) is 0 Å². The van der Waals surface area contributed by atoms with Crippen molar-refractivity contribution in [3.63, 3.8) is 0 Å². The summed E-state index contributed by atoms with van der Waals surface area (Å²) in [6.45, 7) is 0. The van der Waals surface area contributed by atoms with E-state index in [-0.39, 0.29) is 0 Å². The van der Waals surface area contributed by atoms with Gasteiger partial charge in [0.25, 0.3) is 0 Å². The third-order valence-electron chi connectivity index (χ3n) is 12.8. The average molecular weight is 815 g/mol. The summed E-state index contributed by atoms with van der Waals surface area (Å²) in [6.07, 6.45) is 0. The highest BCUT2D eigenvalue weighted by Gasteiger charge is 2.21. The third kappa shape index (κ3) is 6.52. The van der Waals surface area contributed by atoms with Crippen LogP contribution in [-0.4, -0.2) is 4.57 Å². The van der Waals surface area contributed by atoms with Gasteiger partial charge in [-0.05, 0) is 121 Å². The van der Waals surface area contributed by atoms with Crippen molar-refractivity contribution < 1.29 is 0 Å². The minimum Gasteiger partial charge on any atom is -0.311 e. The van der Waals surface area contributed by atoms with Crippen LogP contribution in [0.1, 0.15) is 0 Å². The second-order valence-corrected chi connectivity index (χ2v) is 16.5. The third-order valence-corrected chi connectivity index (χ3v) is 12.8. The second kappa shape index (κ2) is 15.8. The highest BCUT2D eigenvalue weighted by atomic mass is 15.1. The molecule has 0 spiro atoms. The van der Waals surface area contributed by atoms with Crippen molar-refractivity contribution in [3.8, 4) is 50.2 Å². The van der Waals surface area contributed by atoms with Gasteiger partial charge >= 0.3 is 0 Å². The van der Waals surface area contributed by atoms with E-state index in [4.69, 9.17) is 0 Å². The van der Waals surface area contributed by atoms with E-state index in [1.807, 2.05) is 0 Å². The lowest BCUT2D eigenvalue weighted by molar-refractivity contribution is 1.18. The van der Waals surface area contributed by atoms with Gasteiger partial charge < -0.3 is 9.47 Å². The summed E-state index contributed by atoms with van der Waals surface area (Å²) in [4.78, 5) is 2.35. The molecule has 2 heteroatoms. The molecule has 12 aromatic rings. The van der Waals surface area contributed by atoms with Crippen molar-refractivity contribution in [2.24, 2.45) is 0 Å². The van der Waals surface area contributed by atoms with E-state index in [9.17, 15) is 0 Å². The fourth-order valence-corrected chi connectivity index (χ4v) is 9.70. The molecule has 0 saturated heterocycles. The van der Waals surface area contributed by atoms with Crippen LogP contribution < -0.4 is 4.90 Å². The summed E-state index contributed by atoms with van der Waals surface area (Å²) in [5, 5.41) is 7.52. The first-order chi connectivity index (χ1) is 31.7. The number of para-hydroxylation sites is 1. The van der Waals surface area contributed by atoms with Gasteiger partial charge in [0.1, 0.15) is 0 Å². The monoisotopic (exact) mass is 814 g/mol. The Bertz CT molecular complexity index is 3540. The summed E-state index contributed by atoms with van der Waals surface area (Å²) < 4.78 is 2.49. The Hall–Kier alpha value is -8.46. The van der Waals surface area contributed by atoms with Crippen LogP contribution in [-0.2, 0) is 0 Å². The molecule has 0 bridgehead atoms. The van der Waals surface area contributed by atoms with Crippen molar-refractivity contribution in [1.82, 2.24) is 4.57 Å². The summed E-state index contributed by atoms with van der Waals surface area (Å²) in [7, 11) is 0. The van der Waals surface area contributed by atoms with Crippen molar-refractivity contribution in [3.05, 3.63) is 255 Å². The lowest BCUT2D eigenvalue weighted by Gasteiger charge is -2.26. The zero-order valence-electron chi connectivity index (χ0n) is 35.1. The minimum absolute atomic E-state index is 1.09. The van der Waals surface area contributed by atoms with E-state index in [0.717, 1.165) is 28.3 Å². The summed E-state index contributed by atoms with van der Waals surface area (Å²) in [5.41, 5.74) is 16.4. The van der Waals surface area contributed by atoms with E-state index >= 15 is 0 Å². The van der Waals surface area contributed by atoms with Crippen LogP contribution in [0.2, 0.25) is 0 Å². The average Bonchev–Trinajstić information content (AvgIpc) is 3.72. The maximum absolute atomic E-state index is 2.49. The predicted octanol–water partition coefficient (Wildman–Crippen LogP) is 17.2. The minimum atomic E-state index is 1.09. The quantitative estimate of drug-likeness (QED) is 0.148. The van der Waals surface area contributed by atoms with E-state index in [1.54, 1.807) is 0 Å². The zero-order chi connectivity index (χ0) is 42.4. The van der Waals surface area contributed by atoms with Crippen molar-refractivity contribution >= 4 is 60.4 Å². The fraction of sp³-hybridized carbons (Fsp3) is 0. The fourth-order valence-electron chi connectivity index (χ4n) is 9.70. The van der Waals surface area contributed by atoms with Gasteiger partial charge in [0.2, 0.25) is 0 Å². The topological polar surface area (TPSA) is 8.17 Å². The highest BCUT2D eigenvalue weighted by molar-refractivity contribution is 6.25. The van der Waals surface area contributed by atoms with Crippen molar-refractivity contribution in [2.45, 2.75) is 0 Å². The van der Waals surface area contributed by atoms with Gasteiger partial charge in [-0.15, -0.1) is 0 Å². The molecule has 0 aliphatic heterocycles. The Morgan fingerprint density at radius 3 is 1.39 bits per heavy atom. The number of aromatic nitrogens is 1. The molecule has 0 aliphatic rings. The highest BCUT2D eigenvalue weighted by Crippen LogP contribution is 2.44. The van der Waals surface area contributed by atoms with Gasteiger partial charge in [0, 0.05) is 33.4 Å². The number of fused-ring (bicyclic) bond motifs is 6. The van der Waals surface area contributed by atoms with E-state index < -0.39 is 0 Å². The Morgan fingerprint density at radius 2 is 0.734 bits per heavy atom. The Labute approximate surface area is 373 Å². The lowest BCUT2D eigenvalue weighted by Crippen LogP contribution is -2.09. The van der Waals surface area contributed by atoms with Gasteiger partial charge in [-0.3, -0.25) is 0 Å². The van der Waals surface area contributed by atoms with Crippen molar-refractivity contribution in [1.29, 1.82) is 0 Å². The lowest BCUT2D eigenvalue weighted by atomic mass is 9.95. The standard InChI is InChI=1S/C62H42N2/c1-3-14-43(15-4-1)46-28-35-52(36-29-46)63(53-37-30-47(31-38-53)44-16-5-2-6-17-44)54-39-32-49(33-40-54)55-21-11-12-24-58(55)64-59-25-13-23-57(51-27-26-45-18-7-8-20-50(45)42-51)62(59)61-56-22-10-9-19-48(56)34-41-60(61)64/h1-42H. The first kappa shape index (κ1) is 37.3. The van der Waals surface area contributed by atoms with E-state index in [0.29, 0.717) is 0 Å².